The number of carbonyl (C=O) groups excluding carboxylic acids is 2. The Morgan fingerprint density at radius 1 is 1.00 bits per heavy atom. The number of fused-ring (bicyclic) bond motifs is 2. The summed E-state index contributed by atoms with van der Waals surface area (Å²) >= 11 is 0. The van der Waals surface area contributed by atoms with Gasteiger partial charge in [-0.1, -0.05) is 0 Å². The number of hydrazine groups is 1. The van der Waals surface area contributed by atoms with Crippen molar-refractivity contribution in [3.05, 3.63) is 0 Å². The van der Waals surface area contributed by atoms with E-state index in [2.05, 4.69) is 0 Å². The molecule has 0 aromatic rings. The van der Waals surface area contributed by atoms with E-state index in [1.807, 2.05) is 0 Å². The van der Waals surface area contributed by atoms with E-state index in [1.165, 1.54) is 0 Å². The number of hydrogen-bond acceptors (Lipinski definition) is 5. The van der Waals surface area contributed by atoms with Gasteiger partial charge in [-0.05, 0) is 66.7 Å². The highest BCUT2D eigenvalue weighted by molar-refractivity contribution is 5.87. The van der Waals surface area contributed by atoms with Gasteiger partial charge < -0.3 is 14.6 Å². The van der Waals surface area contributed by atoms with Gasteiger partial charge in [0.2, 0.25) is 0 Å². The summed E-state index contributed by atoms with van der Waals surface area (Å²) in [6.45, 7) is 10.5. The van der Waals surface area contributed by atoms with E-state index in [9.17, 15) is 19.5 Å². The van der Waals surface area contributed by atoms with E-state index in [1.54, 1.807) is 41.5 Å². The molecular formula is C17H28N2O6. The summed E-state index contributed by atoms with van der Waals surface area (Å²) in [5.41, 5.74) is -3.04. The first-order chi connectivity index (χ1) is 11.3. The summed E-state index contributed by atoms with van der Waals surface area (Å²) in [5, 5.41) is 11.9. The highest BCUT2D eigenvalue weighted by atomic mass is 16.6. The zero-order chi connectivity index (χ0) is 19.2. The Hall–Kier alpha value is -1.99. The molecule has 1 heterocycles. The van der Waals surface area contributed by atoms with Gasteiger partial charge in [0.1, 0.15) is 11.2 Å². The molecule has 1 saturated heterocycles. The van der Waals surface area contributed by atoms with Gasteiger partial charge in [0.05, 0.1) is 0 Å². The molecule has 25 heavy (non-hydrogen) atoms. The molecule has 2 rings (SSSR count). The van der Waals surface area contributed by atoms with Gasteiger partial charge in [-0.25, -0.2) is 19.4 Å². The predicted octanol–water partition coefficient (Wildman–Crippen LogP) is 3.01. The highest BCUT2D eigenvalue weighted by Gasteiger charge is 2.60. The third kappa shape index (κ3) is 3.99. The number of rotatable bonds is 1. The molecule has 8 nitrogen and oxygen atoms in total. The van der Waals surface area contributed by atoms with E-state index in [4.69, 9.17) is 9.47 Å². The standard InChI is InChI=1S/C17H28N2O6/c1-15(2,3)24-13(22)18-10-11-7-8-17(9-11,12(20)21)19(18)14(23)25-16(4,5)6/h11H,7-10H2,1-6H3,(H,20,21). The smallest absolute Gasteiger partial charge is 0.430 e. The van der Waals surface area contributed by atoms with Gasteiger partial charge in [-0.3, -0.25) is 0 Å². The SMILES string of the molecule is CC(C)(C)OC(=O)N1CC2CCC(C(=O)O)(C2)N1C(=O)OC(C)(C)C. The molecule has 2 unspecified atom stereocenters. The topological polar surface area (TPSA) is 96.4 Å². The van der Waals surface area contributed by atoms with Crippen LogP contribution in [0.5, 0.6) is 0 Å². The first-order valence-corrected chi connectivity index (χ1v) is 8.52. The fraction of sp³-hybridized carbons (Fsp3) is 0.824. The normalized spacial score (nSPS) is 26.4. The lowest BCUT2D eigenvalue weighted by atomic mass is 9.93. The maximum absolute atomic E-state index is 12.8. The number of carboxylic acids is 1. The van der Waals surface area contributed by atoms with Crippen molar-refractivity contribution >= 4 is 18.2 Å². The lowest BCUT2D eigenvalue weighted by Gasteiger charge is -2.47. The van der Waals surface area contributed by atoms with E-state index in [-0.39, 0.29) is 18.9 Å². The van der Waals surface area contributed by atoms with E-state index in [0.29, 0.717) is 12.8 Å². The molecule has 2 aliphatic rings. The molecule has 2 bridgehead atoms. The summed E-state index contributed by atoms with van der Waals surface area (Å²) in [6, 6.07) is 0. The van der Waals surface area contributed by atoms with Crippen LogP contribution < -0.4 is 0 Å². The van der Waals surface area contributed by atoms with Gasteiger partial charge in [-0.15, -0.1) is 0 Å². The van der Waals surface area contributed by atoms with Crippen molar-refractivity contribution in [1.82, 2.24) is 10.0 Å². The van der Waals surface area contributed by atoms with Crippen molar-refractivity contribution in [3.8, 4) is 0 Å². The lowest BCUT2D eigenvalue weighted by molar-refractivity contribution is -0.171. The second-order valence-corrected chi connectivity index (χ2v) is 8.80. The molecule has 1 aliphatic carbocycles. The zero-order valence-electron chi connectivity index (χ0n) is 15.8. The van der Waals surface area contributed by atoms with Crippen LogP contribution in [0.1, 0.15) is 60.8 Å². The van der Waals surface area contributed by atoms with Crippen LogP contribution in [-0.2, 0) is 14.3 Å². The van der Waals surface area contributed by atoms with Gasteiger partial charge >= 0.3 is 18.2 Å². The Labute approximate surface area is 148 Å². The Bertz CT molecular complexity index is 577. The van der Waals surface area contributed by atoms with Crippen molar-refractivity contribution in [2.45, 2.75) is 77.5 Å². The van der Waals surface area contributed by atoms with Crippen LogP contribution in [-0.4, -0.2) is 56.6 Å². The zero-order valence-corrected chi connectivity index (χ0v) is 15.8. The monoisotopic (exact) mass is 356 g/mol. The Morgan fingerprint density at radius 2 is 1.52 bits per heavy atom. The predicted molar refractivity (Wildman–Crippen MR) is 88.7 cm³/mol. The summed E-state index contributed by atoms with van der Waals surface area (Å²) in [7, 11) is 0. The molecule has 0 radical (unpaired) electrons. The summed E-state index contributed by atoms with van der Waals surface area (Å²) in [6.07, 6.45) is -0.367. The average molecular weight is 356 g/mol. The quantitative estimate of drug-likeness (QED) is 0.776. The Balaban J connectivity index is 2.40. The first kappa shape index (κ1) is 19.3. The lowest BCUT2D eigenvalue weighted by Crippen LogP contribution is -2.67. The van der Waals surface area contributed by atoms with Gasteiger partial charge in [0.15, 0.2) is 5.54 Å². The van der Waals surface area contributed by atoms with E-state index in [0.717, 1.165) is 10.0 Å². The maximum Gasteiger partial charge on any atom is 0.430 e. The number of amides is 2. The molecule has 2 fully saturated rings. The van der Waals surface area contributed by atoms with Crippen molar-refractivity contribution in [2.24, 2.45) is 5.92 Å². The van der Waals surface area contributed by atoms with Crippen LogP contribution in [0.4, 0.5) is 9.59 Å². The second kappa shape index (κ2) is 6.07. The molecule has 142 valence electrons. The van der Waals surface area contributed by atoms with Crippen LogP contribution in [0.25, 0.3) is 0 Å². The number of ether oxygens (including phenoxy) is 2. The minimum Gasteiger partial charge on any atom is -0.479 e. The van der Waals surface area contributed by atoms with Gasteiger partial charge in [0.25, 0.3) is 0 Å². The van der Waals surface area contributed by atoms with Gasteiger partial charge in [-0.2, -0.15) is 5.01 Å². The number of carbonyl (C=O) groups is 3. The minimum absolute atomic E-state index is 0.0160. The number of aliphatic carboxylic acids is 1. The Morgan fingerprint density at radius 3 is 2.00 bits per heavy atom. The fourth-order valence-corrected chi connectivity index (χ4v) is 3.36. The second-order valence-electron chi connectivity index (χ2n) is 8.80. The van der Waals surface area contributed by atoms with Crippen LogP contribution >= 0.6 is 0 Å². The van der Waals surface area contributed by atoms with Crippen LogP contribution in [0.15, 0.2) is 0 Å². The maximum atomic E-state index is 12.8. The first-order valence-electron chi connectivity index (χ1n) is 8.52. The molecule has 1 N–H and O–H groups in total. The van der Waals surface area contributed by atoms with Crippen molar-refractivity contribution in [3.63, 3.8) is 0 Å². The molecule has 1 saturated carbocycles. The molecule has 0 aromatic heterocycles. The molecule has 2 atom stereocenters. The minimum atomic E-state index is -1.47. The van der Waals surface area contributed by atoms with Crippen LogP contribution in [0, 0.1) is 5.92 Å². The largest absolute Gasteiger partial charge is 0.479 e. The molecule has 1 aliphatic heterocycles. The van der Waals surface area contributed by atoms with Crippen molar-refractivity contribution < 1.29 is 29.0 Å². The number of hydrogen-bond donors (Lipinski definition) is 1. The third-order valence-electron chi connectivity index (χ3n) is 4.24. The third-order valence-corrected chi connectivity index (χ3v) is 4.24. The van der Waals surface area contributed by atoms with Gasteiger partial charge in [0, 0.05) is 6.54 Å². The fourth-order valence-electron chi connectivity index (χ4n) is 3.36. The average Bonchev–Trinajstić information content (AvgIpc) is 2.73. The highest BCUT2D eigenvalue weighted by Crippen LogP contribution is 2.45. The van der Waals surface area contributed by atoms with E-state index < -0.39 is 34.9 Å². The number of nitrogens with zero attached hydrogens (tertiary/aromatic N) is 2. The number of carboxylic acid groups (broad SMARTS) is 1. The molecule has 0 aromatic carbocycles. The molecule has 0 spiro atoms. The van der Waals surface area contributed by atoms with Crippen molar-refractivity contribution in [1.29, 1.82) is 0 Å². The van der Waals surface area contributed by atoms with Crippen LogP contribution in [0.3, 0.4) is 0 Å². The summed E-state index contributed by atoms with van der Waals surface area (Å²) in [5.74, 6) is -1.11. The van der Waals surface area contributed by atoms with Crippen LogP contribution in [0.2, 0.25) is 0 Å². The van der Waals surface area contributed by atoms with E-state index >= 15 is 0 Å². The summed E-state index contributed by atoms with van der Waals surface area (Å²) in [4.78, 5) is 37.5. The molecule has 8 heteroatoms. The molecule has 2 amide bonds. The van der Waals surface area contributed by atoms with Crippen molar-refractivity contribution in [2.75, 3.05) is 6.54 Å². The molecular weight excluding hydrogens is 328 g/mol. The summed E-state index contributed by atoms with van der Waals surface area (Å²) < 4.78 is 10.8. The Kier molecular flexibility index (Phi) is 4.69.